The van der Waals surface area contributed by atoms with Crippen molar-refractivity contribution in [3.05, 3.63) is 23.8 Å². The largest absolute Gasteiger partial charge is 0.369 e. The summed E-state index contributed by atoms with van der Waals surface area (Å²) in [5.74, 6) is 1.20. The van der Waals surface area contributed by atoms with Crippen LogP contribution in [-0.4, -0.2) is 9.55 Å². The molecule has 0 spiro atoms. The van der Waals surface area contributed by atoms with Crippen LogP contribution in [0.4, 0.5) is 5.95 Å². The molecule has 2 aromatic rings. The molecule has 0 radical (unpaired) electrons. The fourth-order valence-electron chi connectivity index (χ4n) is 3.30. The molecule has 0 saturated heterocycles. The minimum atomic E-state index is 0.349. The molecule has 1 aliphatic carbocycles. The smallest absolute Gasteiger partial charge is 0.201 e. The molecule has 1 aromatic carbocycles. The lowest BCUT2D eigenvalue weighted by molar-refractivity contribution is 0.371. The Balaban J connectivity index is 2.13. The summed E-state index contributed by atoms with van der Waals surface area (Å²) in [6, 6.07) is 8.23. The van der Waals surface area contributed by atoms with E-state index in [0.717, 1.165) is 11.0 Å². The normalized spacial score (nSPS) is 17.7. The number of fused-ring (bicyclic) bond motifs is 1. The molecule has 2 N–H and O–H groups in total. The van der Waals surface area contributed by atoms with Crippen molar-refractivity contribution < 1.29 is 0 Å². The maximum absolute atomic E-state index is 9.15. The zero-order valence-electron chi connectivity index (χ0n) is 11.1. The predicted octanol–water partition coefficient (Wildman–Crippen LogP) is 3.24. The van der Waals surface area contributed by atoms with Crippen LogP contribution in [0, 0.1) is 17.2 Å². The molecule has 19 heavy (non-hydrogen) atoms. The van der Waals surface area contributed by atoms with Gasteiger partial charge in [-0.25, -0.2) is 4.98 Å². The Hall–Kier alpha value is -2.02. The maximum Gasteiger partial charge on any atom is 0.201 e. The van der Waals surface area contributed by atoms with Gasteiger partial charge in [-0.1, -0.05) is 18.9 Å². The van der Waals surface area contributed by atoms with Crippen molar-refractivity contribution in [2.45, 2.75) is 38.6 Å². The van der Waals surface area contributed by atoms with Gasteiger partial charge in [0.1, 0.15) is 11.6 Å². The Bertz CT molecular complexity index is 644. The quantitative estimate of drug-likeness (QED) is 0.894. The molecule has 3 rings (SSSR count). The number of rotatable bonds is 2. The van der Waals surface area contributed by atoms with Crippen LogP contribution in [0.15, 0.2) is 18.2 Å². The second-order valence-corrected chi connectivity index (χ2v) is 5.41. The Morgan fingerprint density at radius 1 is 1.42 bits per heavy atom. The first-order valence-electron chi connectivity index (χ1n) is 6.89. The van der Waals surface area contributed by atoms with E-state index in [0.29, 0.717) is 23.5 Å². The first kappa shape index (κ1) is 12.0. The van der Waals surface area contributed by atoms with Crippen LogP contribution in [0.2, 0.25) is 0 Å². The van der Waals surface area contributed by atoms with E-state index < -0.39 is 0 Å². The Morgan fingerprint density at radius 3 is 2.84 bits per heavy atom. The van der Waals surface area contributed by atoms with Gasteiger partial charge in [0, 0.05) is 6.04 Å². The molecule has 1 atom stereocenters. The van der Waals surface area contributed by atoms with E-state index in [-0.39, 0.29) is 0 Å². The molecule has 4 nitrogen and oxygen atoms in total. The van der Waals surface area contributed by atoms with Gasteiger partial charge >= 0.3 is 0 Å². The number of hydrogen-bond donors (Lipinski definition) is 1. The lowest BCUT2D eigenvalue weighted by Gasteiger charge is -2.22. The average Bonchev–Trinajstić information content (AvgIpc) is 3.04. The first-order valence-corrected chi connectivity index (χ1v) is 6.89. The van der Waals surface area contributed by atoms with E-state index in [1.807, 2.05) is 12.1 Å². The number of anilines is 1. The Labute approximate surface area is 112 Å². The van der Waals surface area contributed by atoms with Crippen molar-refractivity contribution in [1.29, 1.82) is 5.26 Å². The molecule has 1 fully saturated rings. The highest BCUT2D eigenvalue weighted by Gasteiger charge is 2.25. The van der Waals surface area contributed by atoms with Crippen LogP contribution in [0.25, 0.3) is 11.0 Å². The van der Waals surface area contributed by atoms with Crippen LogP contribution in [0.5, 0.6) is 0 Å². The SMILES string of the molecule is CC(C1CCCC1)n1c(N)nc2c(C#N)cccc21. The number of nitriles is 1. The van der Waals surface area contributed by atoms with Gasteiger partial charge < -0.3 is 10.3 Å². The van der Waals surface area contributed by atoms with E-state index in [1.54, 1.807) is 6.07 Å². The van der Waals surface area contributed by atoms with Crippen LogP contribution in [-0.2, 0) is 0 Å². The van der Waals surface area contributed by atoms with Gasteiger partial charge in [0.2, 0.25) is 5.95 Å². The highest BCUT2D eigenvalue weighted by molar-refractivity contribution is 5.84. The highest BCUT2D eigenvalue weighted by atomic mass is 15.2. The van der Waals surface area contributed by atoms with Gasteiger partial charge in [-0.05, 0) is 37.8 Å². The third kappa shape index (κ3) is 1.86. The van der Waals surface area contributed by atoms with Crippen LogP contribution >= 0.6 is 0 Å². The van der Waals surface area contributed by atoms with Crippen LogP contribution in [0.1, 0.15) is 44.2 Å². The fraction of sp³-hybridized carbons (Fsp3) is 0.467. The van der Waals surface area contributed by atoms with E-state index in [2.05, 4.69) is 22.5 Å². The summed E-state index contributed by atoms with van der Waals surface area (Å²) >= 11 is 0. The summed E-state index contributed by atoms with van der Waals surface area (Å²) in [6.07, 6.45) is 5.15. The molecule has 1 heterocycles. The molecule has 4 heteroatoms. The van der Waals surface area contributed by atoms with E-state index in [1.165, 1.54) is 25.7 Å². The molecule has 0 bridgehead atoms. The summed E-state index contributed by atoms with van der Waals surface area (Å²) < 4.78 is 2.10. The monoisotopic (exact) mass is 254 g/mol. The Morgan fingerprint density at radius 2 is 2.16 bits per heavy atom. The molecular weight excluding hydrogens is 236 g/mol. The highest BCUT2D eigenvalue weighted by Crippen LogP contribution is 2.37. The van der Waals surface area contributed by atoms with E-state index in [9.17, 15) is 0 Å². The van der Waals surface area contributed by atoms with Gasteiger partial charge in [0.05, 0.1) is 11.1 Å². The summed E-state index contributed by atoms with van der Waals surface area (Å²) in [4.78, 5) is 4.39. The predicted molar refractivity (Wildman–Crippen MR) is 75.5 cm³/mol. The van der Waals surface area contributed by atoms with Crippen molar-refractivity contribution in [3.8, 4) is 6.07 Å². The van der Waals surface area contributed by atoms with Crippen LogP contribution in [0.3, 0.4) is 0 Å². The van der Waals surface area contributed by atoms with Gasteiger partial charge in [-0.3, -0.25) is 0 Å². The summed E-state index contributed by atoms with van der Waals surface area (Å²) in [6.45, 7) is 2.21. The van der Waals surface area contributed by atoms with Crippen molar-refractivity contribution in [2.75, 3.05) is 5.73 Å². The third-order valence-electron chi connectivity index (χ3n) is 4.36. The molecule has 0 amide bonds. The minimum absolute atomic E-state index is 0.349. The minimum Gasteiger partial charge on any atom is -0.369 e. The van der Waals surface area contributed by atoms with Crippen molar-refractivity contribution >= 4 is 17.0 Å². The molecule has 1 saturated carbocycles. The standard InChI is InChI=1S/C15H18N4/c1-10(11-5-2-3-6-11)19-13-8-4-7-12(9-16)14(13)18-15(19)17/h4,7-8,10-11H,2-3,5-6H2,1H3,(H2,17,18). The lowest BCUT2D eigenvalue weighted by Crippen LogP contribution is -2.16. The summed E-state index contributed by atoms with van der Waals surface area (Å²) in [5.41, 5.74) is 8.40. The molecule has 0 aliphatic heterocycles. The van der Waals surface area contributed by atoms with Crippen LogP contribution < -0.4 is 5.73 Å². The van der Waals surface area contributed by atoms with Gasteiger partial charge in [-0.15, -0.1) is 0 Å². The molecule has 98 valence electrons. The van der Waals surface area contributed by atoms with E-state index >= 15 is 0 Å². The number of hydrogen-bond acceptors (Lipinski definition) is 3. The number of nitrogens with zero attached hydrogens (tertiary/aromatic N) is 3. The first-order chi connectivity index (χ1) is 9.22. The van der Waals surface area contributed by atoms with Gasteiger partial charge in [-0.2, -0.15) is 5.26 Å². The van der Waals surface area contributed by atoms with Gasteiger partial charge in [0.15, 0.2) is 0 Å². The van der Waals surface area contributed by atoms with Crippen molar-refractivity contribution in [2.24, 2.45) is 5.92 Å². The second-order valence-electron chi connectivity index (χ2n) is 5.41. The zero-order chi connectivity index (χ0) is 13.4. The summed E-state index contributed by atoms with van der Waals surface area (Å²) in [7, 11) is 0. The summed E-state index contributed by atoms with van der Waals surface area (Å²) in [5, 5.41) is 9.15. The van der Waals surface area contributed by atoms with Crippen molar-refractivity contribution in [3.63, 3.8) is 0 Å². The Kier molecular flexibility index (Phi) is 2.90. The molecular formula is C15H18N4. The zero-order valence-corrected chi connectivity index (χ0v) is 11.1. The topological polar surface area (TPSA) is 67.6 Å². The number of imidazole rings is 1. The van der Waals surface area contributed by atoms with E-state index in [4.69, 9.17) is 11.0 Å². The molecule has 1 unspecified atom stereocenters. The lowest BCUT2D eigenvalue weighted by atomic mass is 9.99. The van der Waals surface area contributed by atoms with Crippen molar-refractivity contribution in [1.82, 2.24) is 9.55 Å². The molecule has 1 aliphatic rings. The average molecular weight is 254 g/mol. The fourth-order valence-corrected chi connectivity index (χ4v) is 3.30. The second kappa shape index (κ2) is 4.58. The molecule has 1 aromatic heterocycles. The maximum atomic E-state index is 9.15. The number of benzene rings is 1. The number of nitrogens with two attached hydrogens (primary N) is 1. The van der Waals surface area contributed by atoms with Gasteiger partial charge in [0.25, 0.3) is 0 Å². The third-order valence-corrected chi connectivity index (χ3v) is 4.36. The number of nitrogen functional groups attached to an aromatic ring is 1. The number of para-hydroxylation sites is 1. The number of aromatic nitrogens is 2.